The lowest BCUT2D eigenvalue weighted by atomic mass is 9.67. The van der Waals surface area contributed by atoms with Gasteiger partial charge in [0, 0.05) is 23.8 Å². The number of hydrogen-bond acceptors (Lipinski definition) is 2. The van der Waals surface area contributed by atoms with E-state index in [9.17, 15) is 9.59 Å². The normalized spacial score (nSPS) is 47.7. The fraction of sp³-hybridized carbons (Fsp3) is 0.800. The third kappa shape index (κ3) is 0.960. The number of Topliss-reactive ketones (excluding diaryl/α,β-unsaturated/α-hetero) is 1. The van der Waals surface area contributed by atoms with Gasteiger partial charge in [-0.05, 0) is 25.7 Å². The van der Waals surface area contributed by atoms with Crippen molar-refractivity contribution in [1.29, 1.82) is 0 Å². The van der Waals surface area contributed by atoms with Crippen LogP contribution in [0.2, 0.25) is 0 Å². The van der Waals surface area contributed by atoms with Gasteiger partial charge in [-0.15, -0.1) is 0 Å². The molecular weight excluding hydrogens is 166 g/mol. The van der Waals surface area contributed by atoms with Crippen molar-refractivity contribution in [2.24, 2.45) is 17.8 Å². The lowest BCUT2D eigenvalue weighted by Crippen LogP contribution is -2.40. The largest absolute Gasteiger partial charge is 0.353 e. The van der Waals surface area contributed by atoms with Crippen LogP contribution in [0, 0.1) is 17.8 Å². The first-order valence-corrected chi connectivity index (χ1v) is 5.08. The van der Waals surface area contributed by atoms with Crippen molar-refractivity contribution in [3.8, 4) is 0 Å². The van der Waals surface area contributed by atoms with Gasteiger partial charge in [-0.25, -0.2) is 0 Å². The summed E-state index contributed by atoms with van der Waals surface area (Å²) in [5.41, 5.74) is 0. The van der Waals surface area contributed by atoms with Crippen molar-refractivity contribution >= 4 is 11.7 Å². The summed E-state index contributed by atoms with van der Waals surface area (Å²) < 4.78 is 0. The molecule has 13 heavy (non-hydrogen) atoms. The lowest BCUT2D eigenvalue weighted by molar-refractivity contribution is -0.134. The van der Waals surface area contributed by atoms with Gasteiger partial charge >= 0.3 is 0 Å². The number of carbonyl (C=O) groups excluding carboxylic acids is 2. The fourth-order valence-corrected chi connectivity index (χ4v) is 3.21. The summed E-state index contributed by atoms with van der Waals surface area (Å²) in [6.45, 7) is 0. The van der Waals surface area contributed by atoms with E-state index in [1.54, 1.807) is 0 Å². The topological polar surface area (TPSA) is 46.2 Å². The maximum atomic E-state index is 11.7. The van der Waals surface area contributed by atoms with Crippen LogP contribution in [0.4, 0.5) is 0 Å². The van der Waals surface area contributed by atoms with Crippen LogP contribution in [0.3, 0.4) is 0 Å². The predicted molar refractivity (Wildman–Crippen MR) is 45.9 cm³/mol. The molecule has 4 fully saturated rings. The standard InChI is InChI=1S/C10H13NO2/c12-9-5-1-7-2-6(9)4-8(3-5)11-10(7)13/h5-8H,1-4H2,(H,11,13). The molecule has 0 aromatic rings. The Morgan fingerprint density at radius 3 is 2.15 bits per heavy atom. The molecule has 4 aliphatic rings. The van der Waals surface area contributed by atoms with E-state index in [1.807, 2.05) is 0 Å². The van der Waals surface area contributed by atoms with Gasteiger partial charge in [-0.3, -0.25) is 9.59 Å². The molecular formula is C10H13NO2. The average molecular weight is 179 g/mol. The third-order valence-corrected chi connectivity index (χ3v) is 3.80. The zero-order valence-electron chi connectivity index (χ0n) is 7.45. The van der Waals surface area contributed by atoms with Crippen LogP contribution in [-0.4, -0.2) is 17.7 Å². The highest BCUT2D eigenvalue weighted by Gasteiger charge is 2.47. The Kier molecular flexibility index (Phi) is 1.35. The molecule has 2 saturated carbocycles. The molecule has 3 heteroatoms. The molecule has 0 spiro atoms. The van der Waals surface area contributed by atoms with Crippen LogP contribution in [0.5, 0.6) is 0 Å². The third-order valence-electron chi connectivity index (χ3n) is 3.80. The van der Waals surface area contributed by atoms with Crippen molar-refractivity contribution in [3.05, 3.63) is 0 Å². The van der Waals surface area contributed by atoms with Crippen molar-refractivity contribution in [2.45, 2.75) is 31.7 Å². The summed E-state index contributed by atoms with van der Waals surface area (Å²) in [4.78, 5) is 23.2. The van der Waals surface area contributed by atoms with E-state index in [4.69, 9.17) is 0 Å². The zero-order valence-corrected chi connectivity index (χ0v) is 7.45. The Labute approximate surface area is 76.9 Å². The Bertz CT molecular complexity index is 269. The second-order valence-corrected chi connectivity index (χ2v) is 4.64. The molecule has 2 heterocycles. The quantitative estimate of drug-likeness (QED) is 0.588. The van der Waals surface area contributed by atoms with E-state index in [1.165, 1.54) is 0 Å². The molecule has 70 valence electrons. The summed E-state index contributed by atoms with van der Waals surface area (Å²) >= 11 is 0. The smallest absolute Gasteiger partial charge is 0.223 e. The van der Waals surface area contributed by atoms with Crippen LogP contribution in [0.15, 0.2) is 0 Å². The molecule has 0 aromatic heterocycles. The van der Waals surface area contributed by atoms with Crippen molar-refractivity contribution < 1.29 is 9.59 Å². The molecule has 2 aliphatic heterocycles. The molecule has 1 N–H and O–H groups in total. The van der Waals surface area contributed by atoms with E-state index >= 15 is 0 Å². The number of amides is 1. The van der Waals surface area contributed by atoms with Gasteiger partial charge < -0.3 is 5.32 Å². The Morgan fingerprint density at radius 2 is 1.54 bits per heavy atom. The van der Waals surface area contributed by atoms with Gasteiger partial charge in [-0.2, -0.15) is 0 Å². The van der Waals surface area contributed by atoms with Gasteiger partial charge in [0.25, 0.3) is 0 Å². The van der Waals surface area contributed by atoms with E-state index in [-0.39, 0.29) is 23.7 Å². The number of hydrogen-bond donors (Lipinski definition) is 1. The Hall–Kier alpha value is -0.860. The number of carbonyl (C=O) groups is 2. The van der Waals surface area contributed by atoms with Gasteiger partial charge in [0.2, 0.25) is 5.91 Å². The second-order valence-electron chi connectivity index (χ2n) is 4.64. The second kappa shape index (κ2) is 2.34. The average Bonchev–Trinajstić information content (AvgIpc) is 2.25. The van der Waals surface area contributed by atoms with Gasteiger partial charge in [0.15, 0.2) is 0 Å². The summed E-state index contributed by atoms with van der Waals surface area (Å²) in [6, 6.07) is 0.299. The molecule has 4 bridgehead atoms. The zero-order chi connectivity index (χ0) is 9.00. The minimum atomic E-state index is 0.139. The highest BCUT2D eigenvalue weighted by atomic mass is 16.2. The number of fused-ring (bicyclic) bond motifs is 1. The van der Waals surface area contributed by atoms with Gasteiger partial charge in [0.1, 0.15) is 5.78 Å². The first-order chi connectivity index (χ1) is 6.24. The monoisotopic (exact) mass is 179 g/mol. The van der Waals surface area contributed by atoms with Crippen LogP contribution < -0.4 is 5.32 Å². The lowest BCUT2D eigenvalue weighted by Gasteiger charge is -2.35. The van der Waals surface area contributed by atoms with E-state index < -0.39 is 0 Å². The van der Waals surface area contributed by atoms with Crippen molar-refractivity contribution in [2.75, 3.05) is 0 Å². The molecule has 0 aromatic carbocycles. The molecule has 2 saturated heterocycles. The number of rotatable bonds is 0. The van der Waals surface area contributed by atoms with Crippen molar-refractivity contribution in [3.63, 3.8) is 0 Å². The van der Waals surface area contributed by atoms with E-state index in [0.29, 0.717) is 11.8 Å². The van der Waals surface area contributed by atoms with Crippen LogP contribution in [-0.2, 0) is 9.59 Å². The van der Waals surface area contributed by atoms with Crippen LogP contribution in [0.25, 0.3) is 0 Å². The highest BCUT2D eigenvalue weighted by Crippen LogP contribution is 2.42. The summed E-state index contributed by atoms with van der Waals surface area (Å²) in [5, 5.41) is 3.03. The molecule has 2 unspecified atom stereocenters. The SMILES string of the molecule is O=C1NC2CC3CC1CC(C2)C3=O. The Balaban J connectivity index is 2.00. The van der Waals surface area contributed by atoms with Gasteiger partial charge in [-0.1, -0.05) is 0 Å². The molecule has 1 amide bonds. The maximum absolute atomic E-state index is 11.7. The first-order valence-electron chi connectivity index (χ1n) is 5.08. The molecule has 0 radical (unpaired) electrons. The molecule has 4 rings (SSSR count). The predicted octanol–water partition coefficient (Wildman–Crippen LogP) is 0.490. The Morgan fingerprint density at radius 1 is 0.923 bits per heavy atom. The highest BCUT2D eigenvalue weighted by molar-refractivity contribution is 5.90. The summed E-state index contributed by atoms with van der Waals surface area (Å²) in [6.07, 6.45) is 3.44. The fourth-order valence-electron chi connectivity index (χ4n) is 3.21. The number of nitrogens with one attached hydrogen (secondary N) is 1. The van der Waals surface area contributed by atoms with E-state index in [0.717, 1.165) is 25.7 Å². The van der Waals surface area contributed by atoms with Gasteiger partial charge in [0.05, 0.1) is 0 Å². The summed E-state index contributed by atoms with van der Waals surface area (Å²) in [5.74, 6) is 1.16. The molecule has 3 nitrogen and oxygen atoms in total. The molecule has 2 aliphatic carbocycles. The van der Waals surface area contributed by atoms with Crippen molar-refractivity contribution in [1.82, 2.24) is 5.32 Å². The minimum absolute atomic E-state index is 0.139. The van der Waals surface area contributed by atoms with E-state index in [2.05, 4.69) is 5.32 Å². The maximum Gasteiger partial charge on any atom is 0.223 e. The summed E-state index contributed by atoms with van der Waals surface area (Å²) in [7, 11) is 0. The number of ketones is 1. The first kappa shape index (κ1) is 7.54. The minimum Gasteiger partial charge on any atom is -0.353 e. The van der Waals surface area contributed by atoms with Crippen LogP contribution in [0.1, 0.15) is 25.7 Å². The van der Waals surface area contributed by atoms with Crippen LogP contribution >= 0.6 is 0 Å². The molecule has 2 atom stereocenters.